The van der Waals surface area contributed by atoms with Gasteiger partial charge in [0.05, 0.1) is 5.75 Å². The standard InChI is InChI=1S/C13H24N4O2S2/c1-3-21(18,19)11-12(14)16-20-13(11)15-8-10(2)9-17-6-4-5-7-17/h10,15H,3-9H2,1-2H3,(H2,14,16). The van der Waals surface area contributed by atoms with Crippen LogP contribution in [0.4, 0.5) is 10.8 Å². The van der Waals surface area contributed by atoms with Gasteiger partial charge in [0, 0.05) is 13.1 Å². The van der Waals surface area contributed by atoms with Crippen molar-refractivity contribution < 1.29 is 8.42 Å². The minimum Gasteiger partial charge on any atom is -0.382 e. The molecule has 120 valence electrons. The number of hydrogen-bond donors (Lipinski definition) is 2. The van der Waals surface area contributed by atoms with Gasteiger partial charge >= 0.3 is 0 Å². The molecule has 21 heavy (non-hydrogen) atoms. The zero-order valence-corrected chi connectivity index (χ0v) is 14.3. The summed E-state index contributed by atoms with van der Waals surface area (Å²) in [5.41, 5.74) is 5.71. The van der Waals surface area contributed by atoms with Gasteiger partial charge in [0.15, 0.2) is 15.7 Å². The highest BCUT2D eigenvalue weighted by Gasteiger charge is 2.24. The molecule has 1 aliphatic heterocycles. The second-order valence-corrected chi connectivity index (χ2v) is 8.61. The van der Waals surface area contributed by atoms with Gasteiger partial charge in [-0.05, 0) is 43.4 Å². The molecule has 8 heteroatoms. The number of nitrogens with two attached hydrogens (primary N) is 1. The van der Waals surface area contributed by atoms with Gasteiger partial charge in [-0.3, -0.25) is 0 Å². The Morgan fingerprint density at radius 2 is 2.10 bits per heavy atom. The van der Waals surface area contributed by atoms with Crippen LogP contribution in [0, 0.1) is 5.92 Å². The maximum absolute atomic E-state index is 12.1. The Morgan fingerprint density at radius 1 is 1.43 bits per heavy atom. The topological polar surface area (TPSA) is 88.3 Å². The average molecular weight is 332 g/mol. The van der Waals surface area contributed by atoms with Crippen LogP contribution < -0.4 is 11.1 Å². The van der Waals surface area contributed by atoms with E-state index in [1.54, 1.807) is 6.92 Å². The smallest absolute Gasteiger partial charge is 0.184 e. The van der Waals surface area contributed by atoms with E-state index in [2.05, 4.69) is 21.5 Å². The van der Waals surface area contributed by atoms with Crippen LogP contribution in [-0.2, 0) is 9.84 Å². The second-order valence-electron chi connectivity index (χ2n) is 5.62. The molecule has 1 atom stereocenters. The van der Waals surface area contributed by atoms with Crippen LogP contribution in [0.3, 0.4) is 0 Å². The first-order chi connectivity index (χ1) is 9.94. The van der Waals surface area contributed by atoms with Gasteiger partial charge in [-0.25, -0.2) is 8.42 Å². The van der Waals surface area contributed by atoms with Crippen LogP contribution >= 0.6 is 11.5 Å². The Balaban J connectivity index is 1.97. The summed E-state index contributed by atoms with van der Waals surface area (Å²) >= 11 is 1.12. The van der Waals surface area contributed by atoms with E-state index in [9.17, 15) is 8.42 Å². The number of hydrogen-bond acceptors (Lipinski definition) is 7. The largest absolute Gasteiger partial charge is 0.382 e. The average Bonchev–Trinajstić information content (AvgIpc) is 3.06. The first-order valence-electron chi connectivity index (χ1n) is 7.38. The number of anilines is 2. The molecule has 1 aromatic rings. The van der Waals surface area contributed by atoms with E-state index in [1.165, 1.54) is 25.9 Å². The highest BCUT2D eigenvalue weighted by Crippen LogP contribution is 2.32. The van der Waals surface area contributed by atoms with E-state index >= 15 is 0 Å². The fourth-order valence-electron chi connectivity index (χ4n) is 2.59. The van der Waals surface area contributed by atoms with Crippen LogP contribution in [0.1, 0.15) is 26.7 Å². The van der Waals surface area contributed by atoms with Crippen molar-refractivity contribution in [2.75, 3.05) is 43.0 Å². The Hall–Kier alpha value is -0.860. The van der Waals surface area contributed by atoms with E-state index in [1.807, 2.05) is 0 Å². The third-order valence-corrected chi connectivity index (χ3v) is 6.49. The molecular weight excluding hydrogens is 308 g/mol. The predicted molar refractivity (Wildman–Crippen MR) is 87.6 cm³/mol. The van der Waals surface area contributed by atoms with Crippen LogP contribution in [-0.4, -0.2) is 49.6 Å². The van der Waals surface area contributed by atoms with Crippen molar-refractivity contribution in [2.24, 2.45) is 5.92 Å². The lowest BCUT2D eigenvalue weighted by Crippen LogP contribution is -2.29. The van der Waals surface area contributed by atoms with Crippen molar-refractivity contribution in [3.63, 3.8) is 0 Å². The van der Waals surface area contributed by atoms with E-state index in [0.717, 1.165) is 24.6 Å². The second kappa shape index (κ2) is 6.93. The zero-order chi connectivity index (χ0) is 15.5. The number of sulfone groups is 1. The summed E-state index contributed by atoms with van der Waals surface area (Å²) in [6.45, 7) is 7.90. The molecule has 1 aromatic heterocycles. The fourth-order valence-corrected chi connectivity index (χ4v) is 4.76. The number of nitrogens with one attached hydrogen (secondary N) is 1. The molecule has 6 nitrogen and oxygen atoms in total. The monoisotopic (exact) mass is 332 g/mol. The fraction of sp³-hybridized carbons (Fsp3) is 0.769. The van der Waals surface area contributed by atoms with Gasteiger partial charge in [-0.1, -0.05) is 13.8 Å². The summed E-state index contributed by atoms with van der Waals surface area (Å²) in [6.07, 6.45) is 2.56. The maximum atomic E-state index is 12.1. The SMILES string of the molecule is CCS(=O)(=O)c1c(N)nsc1NCC(C)CN1CCCC1. The summed E-state index contributed by atoms with van der Waals surface area (Å²) in [6, 6.07) is 0. The van der Waals surface area contributed by atoms with Crippen molar-refractivity contribution in [1.29, 1.82) is 0 Å². The number of likely N-dealkylation sites (tertiary alicyclic amines) is 1. The Morgan fingerprint density at radius 3 is 2.71 bits per heavy atom. The number of nitrogen functional groups attached to an aromatic ring is 1. The summed E-state index contributed by atoms with van der Waals surface area (Å²) in [5, 5.41) is 3.79. The van der Waals surface area contributed by atoms with Gasteiger partial charge in [0.1, 0.15) is 9.90 Å². The molecular formula is C13H24N4O2S2. The lowest BCUT2D eigenvalue weighted by Gasteiger charge is -2.20. The van der Waals surface area contributed by atoms with Crippen molar-refractivity contribution in [3.8, 4) is 0 Å². The molecule has 0 radical (unpaired) electrons. The molecule has 0 spiro atoms. The minimum atomic E-state index is -3.34. The highest BCUT2D eigenvalue weighted by molar-refractivity contribution is 7.91. The maximum Gasteiger partial charge on any atom is 0.184 e. The zero-order valence-electron chi connectivity index (χ0n) is 12.6. The van der Waals surface area contributed by atoms with Crippen molar-refractivity contribution in [2.45, 2.75) is 31.6 Å². The number of aromatic nitrogens is 1. The quantitative estimate of drug-likeness (QED) is 0.789. The molecule has 1 aliphatic rings. The van der Waals surface area contributed by atoms with Crippen LogP contribution in [0.5, 0.6) is 0 Å². The molecule has 1 unspecified atom stereocenters. The first-order valence-corrected chi connectivity index (χ1v) is 9.80. The minimum absolute atomic E-state index is 0.0353. The highest BCUT2D eigenvalue weighted by atomic mass is 32.2. The molecule has 0 amide bonds. The molecule has 3 N–H and O–H groups in total. The molecule has 2 heterocycles. The van der Waals surface area contributed by atoms with E-state index < -0.39 is 9.84 Å². The molecule has 0 aromatic carbocycles. The normalized spacial score (nSPS) is 18.0. The molecule has 2 rings (SSSR count). The Kier molecular flexibility index (Phi) is 5.45. The van der Waals surface area contributed by atoms with Crippen LogP contribution in [0.2, 0.25) is 0 Å². The Labute approximate surface area is 130 Å². The van der Waals surface area contributed by atoms with Crippen molar-refractivity contribution >= 4 is 32.2 Å². The summed E-state index contributed by atoms with van der Waals surface area (Å²) in [5.74, 6) is 0.591. The molecule has 0 saturated carbocycles. The lowest BCUT2D eigenvalue weighted by atomic mass is 10.1. The third kappa shape index (κ3) is 4.08. The molecule has 0 bridgehead atoms. The van der Waals surface area contributed by atoms with Gasteiger partial charge in [0.2, 0.25) is 0 Å². The number of nitrogens with zero attached hydrogens (tertiary/aromatic N) is 2. The van der Waals surface area contributed by atoms with Gasteiger partial charge in [0.25, 0.3) is 0 Å². The lowest BCUT2D eigenvalue weighted by molar-refractivity contribution is 0.294. The van der Waals surface area contributed by atoms with E-state index in [-0.39, 0.29) is 16.5 Å². The summed E-state index contributed by atoms with van der Waals surface area (Å²) in [4.78, 5) is 2.63. The molecule has 1 fully saturated rings. The van der Waals surface area contributed by atoms with Crippen LogP contribution in [0.25, 0.3) is 0 Å². The summed E-state index contributed by atoms with van der Waals surface area (Å²) in [7, 11) is -3.34. The van der Waals surface area contributed by atoms with Gasteiger partial charge in [-0.2, -0.15) is 4.37 Å². The first kappa shape index (κ1) is 16.5. The van der Waals surface area contributed by atoms with E-state index in [4.69, 9.17) is 5.73 Å². The van der Waals surface area contributed by atoms with Gasteiger partial charge < -0.3 is 16.0 Å². The summed E-state index contributed by atoms with van der Waals surface area (Å²) < 4.78 is 28.1. The van der Waals surface area contributed by atoms with Crippen molar-refractivity contribution in [1.82, 2.24) is 9.27 Å². The van der Waals surface area contributed by atoms with Gasteiger partial charge in [-0.15, -0.1) is 0 Å². The Bertz CT molecular complexity index is 565. The van der Waals surface area contributed by atoms with E-state index in [0.29, 0.717) is 10.9 Å². The number of rotatable bonds is 7. The van der Waals surface area contributed by atoms with Crippen LogP contribution in [0.15, 0.2) is 4.90 Å². The molecule has 1 saturated heterocycles. The molecule has 0 aliphatic carbocycles. The predicted octanol–water partition coefficient (Wildman–Crippen LogP) is 1.66. The van der Waals surface area contributed by atoms with Crippen molar-refractivity contribution in [3.05, 3.63) is 0 Å². The third-order valence-electron chi connectivity index (χ3n) is 3.74.